The maximum absolute atomic E-state index is 13.3. The quantitative estimate of drug-likeness (QED) is 0.652. The van der Waals surface area contributed by atoms with Gasteiger partial charge in [-0.05, 0) is 25.1 Å². The molecule has 0 aliphatic rings. The molecule has 0 radical (unpaired) electrons. The molecule has 1 rings (SSSR count). The molecule has 16 heavy (non-hydrogen) atoms. The Bertz CT molecular complexity index is 392. The van der Waals surface area contributed by atoms with E-state index in [0.717, 1.165) is 6.07 Å². The largest absolute Gasteiger partial charge is 0.394 e. The number of hydrogen-bond donors (Lipinski definition) is 3. The van der Waals surface area contributed by atoms with Gasteiger partial charge in [0.15, 0.2) is 5.78 Å². The molecule has 2 unspecified atom stereocenters. The molecule has 0 aromatic heterocycles. The van der Waals surface area contributed by atoms with Gasteiger partial charge in [-0.15, -0.1) is 0 Å². The number of aliphatic hydroxyl groups is 3. The fourth-order valence-corrected chi connectivity index (χ4v) is 1.30. The van der Waals surface area contributed by atoms with E-state index >= 15 is 0 Å². The molecule has 88 valence electrons. The van der Waals surface area contributed by atoms with Crippen LogP contribution in [-0.2, 0) is 0 Å². The average molecular weight is 228 g/mol. The van der Waals surface area contributed by atoms with Crippen molar-refractivity contribution in [1.29, 1.82) is 0 Å². The van der Waals surface area contributed by atoms with Gasteiger partial charge in [0.1, 0.15) is 18.0 Å². The molecular weight excluding hydrogens is 215 g/mol. The highest BCUT2D eigenvalue weighted by molar-refractivity contribution is 5.94. The summed E-state index contributed by atoms with van der Waals surface area (Å²) >= 11 is 0. The van der Waals surface area contributed by atoms with Crippen molar-refractivity contribution < 1.29 is 24.5 Å². The van der Waals surface area contributed by atoms with Crippen molar-refractivity contribution in [3.8, 4) is 0 Å². The SMILES string of the molecule is CC(=O)c1ccc(F)c(C(O)C(O)CO)c1. The zero-order valence-corrected chi connectivity index (χ0v) is 8.72. The van der Waals surface area contributed by atoms with Crippen molar-refractivity contribution in [1.82, 2.24) is 0 Å². The Balaban J connectivity index is 3.11. The highest BCUT2D eigenvalue weighted by atomic mass is 19.1. The molecule has 1 aromatic rings. The van der Waals surface area contributed by atoms with Crippen molar-refractivity contribution in [3.63, 3.8) is 0 Å². The van der Waals surface area contributed by atoms with Gasteiger partial charge in [0.2, 0.25) is 0 Å². The molecule has 0 aliphatic carbocycles. The lowest BCUT2D eigenvalue weighted by Crippen LogP contribution is -2.23. The van der Waals surface area contributed by atoms with Gasteiger partial charge in [-0.3, -0.25) is 4.79 Å². The fourth-order valence-electron chi connectivity index (χ4n) is 1.30. The standard InChI is InChI=1S/C11H13FO4/c1-6(14)7-2-3-9(12)8(4-7)11(16)10(15)5-13/h2-4,10-11,13,15-16H,5H2,1H3. The lowest BCUT2D eigenvalue weighted by atomic mass is 10.0. The monoisotopic (exact) mass is 228 g/mol. The molecule has 5 heteroatoms. The third-order valence-electron chi connectivity index (χ3n) is 2.27. The second-order valence-electron chi connectivity index (χ2n) is 3.49. The Morgan fingerprint density at radius 3 is 2.56 bits per heavy atom. The summed E-state index contributed by atoms with van der Waals surface area (Å²) in [5.74, 6) is -1.00. The van der Waals surface area contributed by atoms with E-state index in [4.69, 9.17) is 5.11 Å². The zero-order valence-electron chi connectivity index (χ0n) is 8.72. The number of aliphatic hydroxyl groups excluding tert-OH is 3. The Hall–Kier alpha value is -1.30. The third-order valence-corrected chi connectivity index (χ3v) is 2.27. The Labute approximate surface area is 92.0 Å². The first-order valence-electron chi connectivity index (χ1n) is 4.74. The Kier molecular flexibility index (Phi) is 4.12. The van der Waals surface area contributed by atoms with Crippen molar-refractivity contribution in [2.75, 3.05) is 6.61 Å². The highest BCUT2D eigenvalue weighted by Gasteiger charge is 2.21. The van der Waals surface area contributed by atoms with Crippen molar-refractivity contribution in [3.05, 3.63) is 35.1 Å². The normalized spacial score (nSPS) is 14.6. The molecule has 0 saturated carbocycles. The van der Waals surface area contributed by atoms with Crippen LogP contribution in [0.15, 0.2) is 18.2 Å². The molecular formula is C11H13FO4. The maximum atomic E-state index is 13.3. The number of halogens is 1. The molecule has 2 atom stereocenters. The van der Waals surface area contributed by atoms with Gasteiger partial charge in [0.05, 0.1) is 6.61 Å². The number of carbonyl (C=O) groups excluding carboxylic acids is 1. The van der Waals surface area contributed by atoms with Gasteiger partial charge in [0, 0.05) is 11.1 Å². The predicted octanol–water partition coefficient (Wildman–Crippen LogP) is 0.415. The smallest absolute Gasteiger partial charge is 0.159 e. The first kappa shape index (κ1) is 12.8. The molecule has 0 spiro atoms. The van der Waals surface area contributed by atoms with Crippen LogP contribution in [-0.4, -0.2) is 33.8 Å². The summed E-state index contributed by atoms with van der Waals surface area (Å²) < 4.78 is 13.3. The van der Waals surface area contributed by atoms with Gasteiger partial charge in [-0.25, -0.2) is 4.39 Å². The van der Waals surface area contributed by atoms with E-state index in [1.165, 1.54) is 19.1 Å². The molecule has 0 fully saturated rings. The van der Waals surface area contributed by atoms with Gasteiger partial charge < -0.3 is 15.3 Å². The van der Waals surface area contributed by atoms with Crippen LogP contribution in [0.3, 0.4) is 0 Å². The molecule has 4 nitrogen and oxygen atoms in total. The summed E-state index contributed by atoms with van der Waals surface area (Å²) in [6, 6.07) is 3.50. The van der Waals surface area contributed by atoms with Crippen LogP contribution >= 0.6 is 0 Å². The van der Waals surface area contributed by atoms with E-state index in [9.17, 15) is 19.4 Å². The maximum Gasteiger partial charge on any atom is 0.159 e. The van der Waals surface area contributed by atoms with Gasteiger partial charge in [-0.1, -0.05) is 0 Å². The van der Waals surface area contributed by atoms with Crippen molar-refractivity contribution in [2.45, 2.75) is 19.1 Å². The van der Waals surface area contributed by atoms with E-state index in [0.29, 0.717) is 0 Å². The first-order valence-corrected chi connectivity index (χ1v) is 4.74. The minimum absolute atomic E-state index is 0.200. The number of rotatable bonds is 4. The summed E-state index contributed by atoms with van der Waals surface area (Å²) in [4.78, 5) is 11.1. The Morgan fingerprint density at radius 1 is 1.44 bits per heavy atom. The van der Waals surface area contributed by atoms with Gasteiger partial charge in [0.25, 0.3) is 0 Å². The fraction of sp³-hybridized carbons (Fsp3) is 0.364. The molecule has 1 aromatic carbocycles. The minimum Gasteiger partial charge on any atom is -0.394 e. The molecule has 0 aliphatic heterocycles. The lowest BCUT2D eigenvalue weighted by Gasteiger charge is -2.17. The average Bonchev–Trinajstić information content (AvgIpc) is 2.27. The predicted molar refractivity (Wildman–Crippen MR) is 54.5 cm³/mol. The number of Topliss-reactive ketones (excluding diaryl/α,β-unsaturated/α-hetero) is 1. The van der Waals surface area contributed by atoms with E-state index in [-0.39, 0.29) is 16.9 Å². The first-order chi connectivity index (χ1) is 7.47. The van der Waals surface area contributed by atoms with E-state index in [2.05, 4.69) is 0 Å². The number of carbonyl (C=O) groups is 1. The molecule has 3 N–H and O–H groups in total. The summed E-state index contributed by atoms with van der Waals surface area (Å²) in [5.41, 5.74) is 0.0369. The molecule has 0 saturated heterocycles. The number of benzene rings is 1. The summed E-state index contributed by atoms with van der Waals surface area (Å²) in [6.07, 6.45) is -3.03. The van der Waals surface area contributed by atoms with Crippen LogP contribution in [0, 0.1) is 5.82 Å². The van der Waals surface area contributed by atoms with Crippen molar-refractivity contribution >= 4 is 5.78 Å². The topological polar surface area (TPSA) is 77.8 Å². The summed E-state index contributed by atoms with van der Waals surface area (Å²) in [6.45, 7) is 0.622. The zero-order chi connectivity index (χ0) is 12.3. The molecule has 0 heterocycles. The second kappa shape index (κ2) is 5.16. The molecule has 0 amide bonds. The van der Waals surface area contributed by atoms with E-state index < -0.39 is 24.6 Å². The van der Waals surface area contributed by atoms with Crippen LogP contribution in [0.1, 0.15) is 28.9 Å². The van der Waals surface area contributed by atoms with Crippen LogP contribution in [0.4, 0.5) is 4.39 Å². The van der Waals surface area contributed by atoms with Crippen LogP contribution in [0.25, 0.3) is 0 Å². The minimum atomic E-state index is -1.55. The van der Waals surface area contributed by atoms with E-state index in [1.807, 2.05) is 0 Å². The van der Waals surface area contributed by atoms with E-state index in [1.54, 1.807) is 0 Å². The number of ketones is 1. The third kappa shape index (κ3) is 2.63. The van der Waals surface area contributed by atoms with Gasteiger partial charge in [-0.2, -0.15) is 0 Å². The van der Waals surface area contributed by atoms with Crippen LogP contribution in [0.5, 0.6) is 0 Å². The van der Waals surface area contributed by atoms with Gasteiger partial charge >= 0.3 is 0 Å². The molecule has 0 bridgehead atoms. The summed E-state index contributed by atoms with van der Waals surface area (Å²) in [5, 5.41) is 27.3. The lowest BCUT2D eigenvalue weighted by molar-refractivity contribution is -0.0168. The van der Waals surface area contributed by atoms with Crippen molar-refractivity contribution in [2.24, 2.45) is 0 Å². The highest BCUT2D eigenvalue weighted by Crippen LogP contribution is 2.21. The van der Waals surface area contributed by atoms with Crippen LogP contribution in [0.2, 0.25) is 0 Å². The summed E-state index contributed by atoms with van der Waals surface area (Å²) in [7, 11) is 0. The Morgan fingerprint density at radius 2 is 2.06 bits per heavy atom. The number of hydrogen-bond acceptors (Lipinski definition) is 4. The van der Waals surface area contributed by atoms with Crippen LogP contribution < -0.4 is 0 Å². The second-order valence-corrected chi connectivity index (χ2v) is 3.49.